The molecule has 6 nitrogen and oxygen atoms in total. The summed E-state index contributed by atoms with van der Waals surface area (Å²) in [5.41, 5.74) is 1.84. The third-order valence-corrected chi connectivity index (χ3v) is 2.90. The molecule has 0 aromatic carbocycles. The van der Waals surface area contributed by atoms with E-state index in [0.717, 1.165) is 11.3 Å². The van der Waals surface area contributed by atoms with Crippen molar-refractivity contribution >= 4 is 18.3 Å². The minimum atomic E-state index is 0.293. The Bertz CT molecular complexity index is 645. The van der Waals surface area contributed by atoms with Crippen molar-refractivity contribution in [2.24, 2.45) is 5.10 Å². The SMILES string of the molecule is C=NN(/C=C\C)Cc1ccc(COc2cnnc(Cl)c2)nc1. The van der Waals surface area contributed by atoms with E-state index in [-0.39, 0.29) is 0 Å². The van der Waals surface area contributed by atoms with E-state index in [1.165, 1.54) is 6.20 Å². The van der Waals surface area contributed by atoms with Crippen molar-refractivity contribution in [1.82, 2.24) is 20.2 Å². The predicted molar refractivity (Wildman–Crippen MR) is 85.5 cm³/mol. The van der Waals surface area contributed by atoms with Crippen LogP contribution in [0.15, 0.2) is 48.0 Å². The maximum atomic E-state index is 5.74. The zero-order valence-corrected chi connectivity index (χ0v) is 12.9. The van der Waals surface area contributed by atoms with Gasteiger partial charge in [-0.25, -0.2) is 0 Å². The molecule has 22 heavy (non-hydrogen) atoms. The van der Waals surface area contributed by atoms with Gasteiger partial charge in [0, 0.05) is 25.2 Å². The zero-order valence-electron chi connectivity index (χ0n) is 12.2. The second kappa shape index (κ2) is 8.09. The van der Waals surface area contributed by atoms with Crippen LogP contribution < -0.4 is 4.74 Å². The van der Waals surface area contributed by atoms with Crippen molar-refractivity contribution in [2.75, 3.05) is 0 Å². The molecule has 0 saturated heterocycles. The van der Waals surface area contributed by atoms with Crippen molar-refractivity contribution in [3.63, 3.8) is 0 Å². The van der Waals surface area contributed by atoms with Gasteiger partial charge in [0.2, 0.25) is 0 Å². The third kappa shape index (κ3) is 4.82. The molecule has 0 atom stereocenters. The molecule has 7 heteroatoms. The number of aromatic nitrogens is 3. The van der Waals surface area contributed by atoms with Crippen LogP contribution in [0.3, 0.4) is 0 Å². The lowest BCUT2D eigenvalue weighted by atomic mass is 10.2. The fourth-order valence-corrected chi connectivity index (χ4v) is 1.85. The molecule has 0 aliphatic carbocycles. The van der Waals surface area contributed by atoms with Crippen LogP contribution in [0.2, 0.25) is 5.15 Å². The monoisotopic (exact) mass is 317 g/mol. The summed E-state index contributed by atoms with van der Waals surface area (Å²) >= 11 is 5.74. The average Bonchev–Trinajstić information content (AvgIpc) is 2.54. The molecule has 2 aromatic rings. The maximum absolute atomic E-state index is 5.74. The molecule has 0 aliphatic heterocycles. The van der Waals surface area contributed by atoms with Crippen molar-refractivity contribution in [2.45, 2.75) is 20.1 Å². The molecular formula is C15H16ClN5O. The summed E-state index contributed by atoms with van der Waals surface area (Å²) in [4.78, 5) is 4.36. The Kier molecular flexibility index (Phi) is 5.85. The fraction of sp³-hybridized carbons (Fsp3) is 0.200. The van der Waals surface area contributed by atoms with E-state index in [1.807, 2.05) is 31.3 Å². The van der Waals surface area contributed by atoms with Crippen LogP contribution in [0, 0.1) is 0 Å². The standard InChI is InChI=1S/C15H16ClN5O/c1-3-6-21(17-2)10-12-4-5-13(18-8-12)11-22-14-7-15(16)20-19-9-14/h3-9H,2,10-11H2,1H3/b6-3-. The number of nitrogens with zero attached hydrogens (tertiary/aromatic N) is 5. The highest BCUT2D eigenvalue weighted by molar-refractivity contribution is 6.29. The molecule has 0 amide bonds. The number of pyridine rings is 1. The Balaban J connectivity index is 1.93. The topological polar surface area (TPSA) is 63.5 Å². The third-order valence-electron chi connectivity index (χ3n) is 2.72. The van der Waals surface area contributed by atoms with Gasteiger partial charge in [0.25, 0.3) is 0 Å². The lowest BCUT2D eigenvalue weighted by molar-refractivity contribution is 0.299. The number of ether oxygens (including phenoxy) is 1. The number of halogens is 1. The summed E-state index contributed by atoms with van der Waals surface area (Å²) in [5.74, 6) is 0.556. The molecule has 2 aromatic heterocycles. The van der Waals surface area contributed by atoms with Gasteiger partial charge in [0.1, 0.15) is 12.4 Å². The Morgan fingerprint density at radius 3 is 2.91 bits per heavy atom. The van der Waals surface area contributed by atoms with Gasteiger partial charge >= 0.3 is 0 Å². The highest BCUT2D eigenvalue weighted by Gasteiger charge is 2.02. The summed E-state index contributed by atoms with van der Waals surface area (Å²) in [6.07, 6.45) is 7.05. The van der Waals surface area contributed by atoms with Crippen molar-refractivity contribution in [3.8, 4) is 5.75 Å². The minimum absolute atomic E-state index is 0.293. The molecule has 0 saturated carbocycles. The Morgan fingerprint density at radius 2 is 2.27 bits per heavy atom. The van der Waals surface area contributed by atoms with E-state index in [4.69, 9.17) is 16.3 Å². The number of allylic oxidation sites excluding steroid dienone is 1. The molecule has 0 N–H and O–H groups in total. The van der Waals surface area contributed by atoms with Crippen LogP contribution in [0.5, 0.6) is 5.75 Å². The number of hydrazone groups is 1. The first-order valence-electron chi connectivity index (χ1n) is 6.62. The molecule has 2 rings (SSSR count). The van der Waals surface area contributed by atoms with Crippen LogP contribution in [0.1, 0.15) is 18.2 Å². The van der Waals surface area contributed by atoms with Crippen LogP contribution in [-0.2, 0) is 13.2 Å². The molecule has 0 spiro atoms. The lowest BCUT2D eigenvalue weighted by Gasteiger charge is -2.13. The summed E-state index contributed by atoms with van der Waals surface area (Å²) in [7, 11) is 0. The lowest BCUT2D eigenvalue weighted by Crippen LogP contribution is -2.09. The Labute approximate surface area is 134 Å². The highest BCUT2D eigenvalue weighted by atomic mass is 35.5. The van der Waals surface area contributed by atoms with Crippen molar-refractivity contribution in [3.05, 3.63) is 59.3 Å². The largest absolute Gasteiger partial charge is 0.485 e. The van der Waals surface area contributed by atoms with E-state index in [1.54, 1.807) is 17.3 Å². The summed E-state index contributed by atoms with van der Waals surface area (Å²) in [6.45, 7) is 6.40. The first-order valence-corrected chi connectivity index (χ1v) is 7.00. The van der Waals surface area contributed by atoms with Crippen LogP contribution in [0.4, 0.5) is 0 Å². The first-order chi connectivity index (χ1) is 10.7. The van der Waals surface area contributed by atoms with E-state index in [9.17, 15) is 0 Å². The zero-order chi connectivity index (χ0) is 15.8. The molecule has 2 heterocycles. The van der Waals surface area contributed by atoms with Gasteiger partial charge < -0.3 is 4.74 Å². The highest BCUT2D eigenvalue weighted by Crippen LogP contribution is 2.14. The maximum Gasteiger partial charge on any atom is 0.155 e. The van der Waals surface area contributed by atoms with Crippen LogP contribution >= 0.6 is 11.6 Å². The van der Waals surface area contributed by atoms with Crippen molar-refractivity contribution in [1.29, 1.82) is 0 Å². The van der Waals surface area contributed by atoms with Gasteiger partial charge in [-0.05, 0) is 18.6 Å². The van der Waals surface area contributed by atoms with Crippen molar-refractivity contribution < 1.29 is 4.74 Å². The second-order valence-corrected chi connectivity index (χ2v) is 4.77. The molecule has 0 unspecified atom stereocenters. The first kappa shape index (κ1) is 15.9. The molecular weight excluding hydrogens is 302 g/mol. The summed E-state index contributed by atoms with van der Waals surface area (Å²) < 4.78 is 5.55. The van der Waals surface area contributed by atoms with E-state index in [2.05, 4.69) is 27.0 Å². The molecule has 0 radical (unpaired) electrons. The molecule has 0 aliphatic rings. The molecule has 0 bridgehead atoms. The molecule has 0 fully saturated rings. The predicted octanol–water partition coefficient (Wildman–Crippen LogP) is 3.06. The van der Waals surface area contributed by atoms with Crippen LogP contribution in [0.25, 0.3) is 0 Å². The fourth-order valence-electron chi connectivity index (χ4n) is 1.70. The van der Waals surface area contributed by atoms with Gasteiger partial charge in [0.15, 0.2) is 5.15 Å². The summed E-state index contributed by atoms with van der Waals surface area (Å²) in [6, 6.07) is 5.49. The van der Waals surface area contributed by atoms with E-state index < -0.39 is 0 Å². The molecule has 114 valence electrons. The van der Waals surface area contributed by atoms with E-state index in [0.29, 0.717) is 24.1 Å². The van der Waals surface area contributed by atoms with Gasteiger partial charge in [-0.2, -0.15) is 10.2 Å². The Morgan fingerprint density at radius 1 is 1.41 bits per heavy atom. The smallest absolute Gasteiger partial charge is 0.155 e. The number of hydrogen-bond acceptors (Lipinski definition) is 6. The Hall–Kier alpha value is -2.47. The quantitative estimate of drug-likeness (QED) is 0.580. The summed E-state index contributed by atoms with van der Waals surface area (Å²) in [5, 5.41) is 13.3. The number of rotatable bonds is 7. The second-order valence-electron chi connectivity index (χ2n) is 4.38. The van der Waals surface area contributed by atoms with Gasteiger partial charge in [0.05, 0.1) is 18.4 Å². The van der Waals surface area contributed by atoms with Crippen LogP contribution in [-0.4, -0.2) is 26.9 Å². The van der Waals surface area contributed by atoms with E-state index >= 15 is 0 Å². The normalized spacial score (nSPS) is 10.6. The van der Waals surface area contributed by atoms with Gasteiger partial charge in [-0.1, -0.05) is 23.7 Å². The van der Waals surface area contributed by atoms with Gasteiger partial charge in [-0.15, -0.1) is 5.10 Å². The number of hydrogen-bond donors (Lipinski definition) is 0. The van der Waals surface area contributed by atoms with Gasteiger partial charge in [-0.3, -0.25) is 9.99 Å². The minimum Gasteiger partial charge on any atom is -0.485 e. The average molecular weight is 318 g/mol.